The van der Waals surface area contributed by atoms with Crippen molar-refractivity contribution in [2.75, 3.05) is 19.8 Å². The van der Waals surface area contributed by atoms with E-state index in [-0.39, 0.29) is 25.5 Å². The number of nitriles is 1. The van der Waals surface area contributed by atoms with E-state index in [1.807, 2.05) is 13.0 Å². The Labute approximate surface area is 124 Å². The van der Waals surface area contributed by atoms with Gasteiger partial charge >= 0.3 is 0 Å². The van der Waals surface area contributed by atoms with E-state index in [1.54, 1.807) is 18.2 Å². The Balaban J connectivity index is 2.59. The summed E-state index contributed by atoms with van der Waals surface area (Å²) in [5.41, 5.74) is 0.587. The van der Waals surface area contributed by atoms with E-state index in [0.29, 0.717) is 30.2 Å². The first kappa shape index (κ1) is 16.8. The molecule has 1 rings (SSSR count). The molecule has 0 aliphatic heterocycles. The number of benzene rings is 1. The molecule has 0 aromatic heterocycles. The number of amides is 1. The largest absolute Gasteiger partial charge is 0.493 e. The van der Waals surface area contributed by atoms with E-state index in [2.05, 4.69) is 5.32 Å². The highest BCUT2D eigenvalue weighted by Gasteiger charge is 2.08. The van der Waals surface area contributed by atoms with E-state index in [0.717, 1.165) is 6.42 Å². The van der Waals surface area contributed by atoms with Crippen molar-refractivity contribution in [1.29, 1.82) is 5.26 Å². The minimum atomic E-state index is -0.311. The molecule has 0 heterocycles. The SMILES string of the molecule is CCCOc1ccc(CO)c(OCC(=O)NCCC#N)c1. The molecule has 21 heavy (non-hydrogen) atoms. The molecule has 0 radical (unpaired) electrons. The van der Waals surface area contributed by atoms with Gasteiger partial charge in [0.15, 0.2) is 6.61 Å². The molecule has 0 aliphatic carbocycles. The molecule has 0 saturated carbocycles. The zero-order chi connectivity index (χ0) is 15.5. The first-order valence-corrected chi connectivity index (χ1v) is 6.84. The predicted octanol–water partition coefficient (Wildman–Crippen LogP) is 1.38. The van der Waals surface area contributed by atoms with Gasteiger partial charge in [-0.2, -0.15) is 5.26 Å². The Bertz CT molecular complexity index is 497. The molecule has 0 atom stereocenters. The summed E-state index contributed by atoms with van der Waals surface area (Å²) in [4.78, 5) is 11.5. The van der Waals surface area contributed by atoms with Crippen LogP contribution in [0.4, 0.5) is 0 Å². The van der Waals surface area contributed by atoms with Crippen molar-refractivity contribution in [1.82, 2.24) is 5.32 Å². The fraction of sp³-hybridized carbons (Fsp3) is 0.467. The number of ether oxygens (including phenoxy) is 2. The Morgan fingerprint density at radius 3 is 2.90 bits per heavy atom. The van der Waals surface area contributed by atoms with E-state index < -0.39 is 0 Å². The number of carbonyl (C=O) groups is 1. The van der Waals surface area contributed by atoms with Gasteiger partial charge in [-0.1, -0.05) is 6.92 Å². The van der Waals surface area contributed by atoms with E-state index >= 15 is 0 Å². The number of hydrogen-bond acceptors (Lipinski definition) is 5. The number of aliphatic hydroxyl groups is 1. The fourth-order valence-corrected chi connectivity index (χ4v) is 1.56. The summed E-state index contributed by atoms with van der Waals surface area (Å²) in [6, 6.07) is 7.05. The van der Waals surface area contributed by atoms with Crippen LogP contribution in [-0.4, -0.2) is 30.8 Å². The fourth-order valence-electron chi connectivity index (χ4n) is 1.56. The predicted molar refractivity (Wildman–Crippen MR) is 76.9 cm³/mol. The maximum absolute atomic E-state index is 11.5. The number of carbonyl (C=O) groups excluding carboxylic acids is 1. The normalized spacial score (nSPS) is 9.76. The summed E-state index contributed by atoms with van der Waals surface area (Å²) in [6.07, 6.45) is 1.15. The van der Waals surface area contributed by atoms with Gasteiger partial charge in [0.2, 0.25) is 0 Å². The number of nitrogens with zero attached hydrogens (tertiary/aromatic N) is 1. The minimum Gasteiger partial charge on any atom is -0.493 e. The van der Waals surface area contributed by atoms with Crippen molar-refractivity contribution in [3.63, 3.8) is 0 Å². The molecule has 0 saturated heterocycles. The maximum Gasteiger partial charge on any atom is 0.257 e. The van der Waals surface area contributed by atoms with E-state index in [9.17, 15) is 9.90 Å². The molecule has 2 N–H and O–H groups in total. The monoisotopic (exact) mass is 292 g/mol. The van der Waals surface area contributed by atoms with Crippen LogP contribution >= 0.6 is 0 Å². The van der Waals surface area contributed by atoms with Gasteiger partial charge in [0.05, 0.1) is 25.7 Å². The summed E-state index contributed by atoms with van der Waals surface area (Å²) in [6.45, 7) is 2.54. The smallest absolute Gasteiger partial charge is 0.257 e. The Morgan fingerprint density at radius 2 is 2.24 bits per heavy atom. The second kappa shape index (κ2) is 9.61. The molecule has 0 spiro atoms. The molecule has 6 nitrogen and oxygen atoms in total. The van der Waals surface area contributed by atoms with Crippen molar-refractivity contribution in [2.24, 2.45) is 0 Å². The van der Waals surface area contributed by atoms with Crippen LogP contribution in [0.3, 0.4) is 0 Å². The highest BCUT2D eigenvalue weighted by molar-refractivity contribution is 5.77. The topological polar surface area (TPSA) is 91.6 Å². The van der Waals surface area contributed by atoms with Gasteiger partial charge in [-0.25, -0.2) is 0 Å². The van der Waals surface area contributed by atoms with Crippen LogP contribution in [0.5, 0.6) is 11.5 Å². The third-order valence-electron chi connectivity index (χ3n) is 2.60. The van der Waals surface area contributed by atoms with Gasteiger partial charge in [0.1, 0.15) is 11.5 Å². The standard InChI is InChI=1S/C15H20N2O4/c1-2-8-20-13-5-4-12(10-18)14(9-13)21-11-15(19)17-7-3-6-16/h4-5,9,18H,2-3,7-8,10-11H2,1H3,(H,17,19). The summed E-state index contributed by atoms with van der Waals surface area (Å²) in [7, 11) is 0. The average Bonchev–Trinajstić information content (AvgIpc) is 2.51. The number of nitrogens with one attached hydrogen (secondary N) is 1. The maximum atomic E-state index is 11.5. The number of hydrogen-bond donors (Lipinski definition) is 2. The molecule has 1 aromatic carbocycles. The first-order valence-electron chi connectivity index (χ1n) is 6.84. The summed E-state index contributed by atoms with van der Waals surface area (Å²) < 4.78 is 10.9. The van der Waals surface area contributed by atoms with E-state index in [1.165, 1.54) is 0 Å². The van der Waals surface area contributed by atoms with Crippen LogP contribution < -0.4 is 14.8 Å². The van der Waals surface area contributed by atoms with Gasteiger partial charge in [0.25, 0.3) is 5.91 Å². The molecule has 114 valence electrons. The second-order valence-electron chi connectivity index (χ2n) is 4.32. The van der Waals surface area contributed by atoms with Crippen molar-refractivity contribution in [3.05, 3.63) is 23.8 Å². The summed E-state index contributed by atoms with van der Waals surface area (Å²) >= 11 is 0. The van der Waals surface area contributed by atoms with Crippen LogP contribution in [0.25, 0.3) is 0 Å². The van der Waals surface area contributed by atoms with Crippen molar-refractivity contribution in [2.45, 2.75) is 26.4 Å². The zero-order valence-electron chi connectivity index (χ0n) is 12.1. The molecule has 1 amide bonds. The highest BCUT2D eigenvalue weighted by atomic mass is 16.5. The van der Waals surface area contributed by atoms with Crippen LogP contribution in [0.1, 0.15) is 25.3 Å². The third kappa shape index (κ3) is 6.15. The molecule has 1 aromatic rings. The van der Waals surface area contributed by atoms with Gasteiger partial charge < -0.3 is 19.9 Å². The summed E-state index contributed by atoms with van der Waals surface area (Å²) in [5.74, 6) is 0.740. The Kier molecular flexibility index (Phi) is 7.69. The highest BCUT2D eigenvalue weighted by Crippen LogP contribution is 2.25. The molecule has 0 aliphatic rings. The lowest BCUT2D eigenvalue weighted by Gasteiger charge is -2.12. The van der Waals surface area contributed by atoms with E-state index in [4.69, 9.17) is 14.7 Å². The van der Waals surface area contributed by atoms with Crippen LogP contribution in [-0.2, 0) is 11.4 Å². The molecule has 0 bridgehead atoms. The van der Waals surface area contributed by atoms with Crippen molar-refractivity contribution in [3.8, 4) is 17.6 Å². The van der Waals surface area contributed by atoms with Crippen LogP contribution in [0.2, 0.25) is 0 Å². The van der Waals surface area contributed by atoms with Gasteiger partial charge in [0, 0.05) is 18.2 Å². The van der Waals surface area contributed by atoms with Gasteiger partial charge in [-0.05, 0) is 18.6 Å². The first-order chi connectivity index (χ1) is 10.2. The third-order valence-corrected chi connectivity index (χ3v) is 2.60. The number of rotatable bonds is 9. The average molecular weight is 292 g/mol. The molecule has 6 heteroatoms. The Morgan fingerprint density at radius 1 is 1.43 bits per heavy atom. The lowest BCUT2D eigenvalue weighted by Crippen LogP contribution is -2.29. The molecular weight excluding hydrogens is 272 g/mol. The Hall–Kier alpha value is -2.26. The molecule has 0 unspecified atom stereocenters. The summed E-state index contributed by atoms with van der Waals surface area (Å²) in [5, 5.41) is 20.2. The molecular formula is C15H20N2O4. The van der Waals surface area contributed by atoms with Crippen LogP contribution in [0, 0.1) is 11.3 Å². The quantitative estimate of drug-likeness (QED) is 0.671. The molecule has 0 fully saturated rings. The lowest BCUT2D eigenvalue weighted by atomic mass is 10.2. The lowest BCUT2D eigenvalue weighted by molar-refractivity contribution is -0.123. The second-order valence-corrected chi connectivity index (χ2v) is 4.32. The zero-order valence-corrected chi connectivity index (χ0v) is 12.1. The van der Waals surface area contributed by atoms with Crippen molar-refractivity contribution < 1.29 is 19.4 Å². The van der Waals surface area contributed by atoms with Gasteiger partial charge in [-0.3, -0.25) is 4.79 Å². The minimum absolute atomic E-state index is 0.171. The van der Waals surface area contributed by atoms with Crippen LogP contribution in [0.15, 0.2) is 18.2 Å². The van der Waals surface area contributed by atoms with Gasteiger partial charge in [-0.15, -0.1) is 0 Å². The number of aliphatic hydroxyl groups excluding tert-OH is 1. The van der Waals surface area contributed by atoms with Crippen molar-refractivity contribution >= 4 is 5.91 Å².